The van der Waals surface area contributed by atoms with E-state index in [4.69, 9.17) is 11.6 Å². The molecular formula is C13H14ClFN+. The molecular weight excluding hydrogens is 225 g/mol. The lowest BCUT2D eigenvalue weighted by atomic mass is 10.3. The average molecular weight is 239 g/mol. The molecule has 0 fully saturated rings. The Morgan fingerprint density at radius 2 is 2.19 bits per heavy atom. The summed E-state index contributed by atoms with van der Waals surface area (Å²) in [7, 11) is 0. The zero-order valence-electron chi connectivity index (χ0n) is 9.08. The molecule has 1 nitrogen and oxygen atoms in total. The van der Waals surface area contributed by atoms with E-state index < -0.39 is 0 Å². The van der Waals surface area contributed by atoms with Gasteiger partial charge in [-0.05, 0) is 25.1 Å². The van der Waals surface area contributed by atoms with Gasteiger partial charge in [-0.2, -0.15) is 0 Å². The molecule has 0 heterocycles. The van der Waals surface area contributed by atoms with Crippen molar-refractivity contribution in [2.75, 3.05) is 0 Å². The van der Waals surface area contributed by atoms with Crippen LogP contribution in [-0.2, 0) is 0 Å². The predicted octanol–water partition coefficient (Wildman–Crippen LogP) is 3.23. The van der Waals surface area contributed by atoms with Crippen LogP contribution in [0.3, 0.4) is 0 Å². The molecule has 0 unspecified atom stereocenters. The molecule has 0 radical (unpaired) electrons. The summed E-state index contributed by atoms with van der Waals surface area (Å²) in [4.78, 5) is 0. The summed E-state index contributed by atoms with van der Waals surface area (Å²) < 4.78 is 12.9. The van der Waals surface area contributed by atoms with Gasteiger partial charge in [-0.1, -0.05) is 30.3 Å². The predicted molar refractivity (Wildman–Crippen MR) is 65.9 cm³/mol. The third-order valence-electron chi connectivity index (χ3n) is 1.91. The van der Waals surface area contributed by atoms with Crippen molar-refractivity contribution in [1.29, 1.82) is 0 Å². The first kappa shape index (κ1) is 12.7. The number of hydrogen-bond acceptors (Lipinski definition) is 0. The SMILES string of the molecule is C=C(Cl)C=CC(C)=C[NH2+]c1cccc(F)c1. The molecule has 0 aliphatic rings. The Kier molecular flexibility index (Phi) is 4.96. The van der Waals surface area contributed by atoms with Crippen molar-refractivity contribution in [3.63, 3.8) is 0 Å². The zero-order chi connectivity index (χ0) is 12.0. The van der Waals surface area contributed by atoms with Crippen molar-refractivity contribution in [3.8, 4) is 0 Å². The molecule has 0 spiro atoms. The summed E-state index contributed by atoms with van der Waals surface area (Å²) in [5.74, 6) is -0.232. The van der Waals surface area contributed by atoms with Gasteiger partial charge in [-0.25, -0.2) is 4.39 Å². The quantitative estimate of drug-likeness (QED) is 0.613. The molecule has 2 N–H and O–H groups in total. The molecule has 0 bridgehead atoms. The van der Waals surface area contributed by atoms with Crippen LogP contribution in [0.15, 0.2) is 59.8 Å². The van der Waals surface area contributed by atoms with Crippen LogP contribution in [0.5, 0.6) is 0 Å². The molecule has 0 aliphatic heterocycles. The molecule has 0 saturated carbocycles. The second-order valence-corrected chi connectivity index (χ2v) is 3.90. The fourth-order valence-corrected chi connectivity index (χ4v) is 1.18. The Hall–Kier alpha value is -1.38. The molecule has 16 heavy (non-hydrogen) atoms. The summed E-state index contributed by atoms with van der Waals surface area (Å²) in [6, 6.07) is 6.43. The third-order valence-corrected chi connectivity index (χ3v) is 2.04. The van der Waals surface area contributed by atoms with Crippen molar-refractivity contribution < 1.29 is 9.71 Å². The Morgan fingerprint density at radius 1 is 1.44 bits per heavy atom. The second-order valence-electron chi connectivity index (χ2n) is 3.41. The van der Waals surface area contributed by atoms with Crippen molar-refractivity contribution in [2.45, 2.75) is 6.92 Å². The minimum Gasteiger partial charge on any atom is -0.287 e. The van der Waals surface area contributed by atoms with Crippen LogP contribution in [0.25, 0.3) is 0 Å². The van der Waals surface area contributed by atoms with Crippen LogP contribution in [0.2, 0.25) is 0 Å². The summed E-state index contributed by atoms with van der Waals surface area (Å²) in [5.41, 5.74) is 1.85. The number of hydrogen-bond donors (Lipinski definition) is 1. The van der Waals surface area contributed by atoms with Gasteiger partial charge in [0.05, 0.1) is 0 Å². The smallest absolute Gasteiger partial charge is 0.137 e. The van der Waals surface area contributed by atoms with E-state index >= 15 is 0 Å². The lowest BCUT2D eigenvalue weighted by molar-refractivity contribution is -0.497. The molecule has 3 heteroatoms. The largest absolute Gasteiger partial charge is 0.287 e. The Labute approximate surface area is 99.9 Å². The van der Waals surface area contributed by atoms with E-state index in [0.717, 1.165) is 11.3 Å². The van der Waals surface area contributed by atoms with Crippen molar-refractivity contribution >= 4 is 17.3 Å². The Balaban J connectivity index is 2.62. The first-order valence-corrected chi connectivity index (χ1v) is 5.25. The first-order valence-electron chi connectivity index (χ1n) is 4.87. The molecule has 0 aliphatic carbocycles. The molecule has 1 aromatic rings. The lowest BCUT2D eigenvalue weighted by Crippen LogP contribution is -2.71. The standard InChI is InChI=1S/C13H13ClFN/c1-10(6-7-11(2)14)9-16-13-5-3-4-12(15)8-13/h3-9,16H,2H2,1H3/p+1. The van der Waals surface area contributed by atoms with Gasteiger partial charge in [0.25, 0.3) is 0 Å². The van der Waals surface area contributed by atoms with E-state index in [1.54, 1.807) is 12.1 Å². The lowest BCUT2D eigenvalue weighted by Gasteiger charge is -1.95. The van der Waals surface area contributed by atoms with E-state index in [9.17, 15) is 4.39 Å². The van der Waals surface area contributed by atoms with Gasteiger partial charge in [-0.15, -0.1) is 0 Å². The number of benzene rings is 1. The summed E-state index contributed by atoms with van der Waals surface area (Å²) in [6.45, 7) is 5.49. The van der Waals surface area contributed by atoms with Crippen LogP contribution in [-0.4, -0.2) is 0 Å². The van der Waals surface area contributed by atoms with Crippen molar-refractivity contribution in [2.24, 2.45) is 0 Å². The number of rotatable bonds is 4. The summed E-state index contributed by atoms with van der Waals surface area (Å²) in [5, 5.41) is 2.33. The Bertz CT molecular complexity index is 435. The van der Waals surface area contributed by atoms with Crippen LogP contribution >= 0.6 is 11.6 Å². The van der Waals surface area contributed by atoms with Gasteiger partial charge >= 0.3 is 0 Å². The second kappa shape index (κ2) is 6.26. The van der Waals surface area contributed by atoms with E-state index in [0.29, 0.717) is 5.03 Å². The normalized spacial score (nSPS) is 12.1. The molecule has 84 valence electrons. The molecule has 0 amide bonds. The molecule has 0 aromatic heterocycles. The molecule has 1 rings (SSSR count). The van der Waals surface area contributed by atoms with E-state index in [1.807, 2.05) is 30.6 Å². The van der Waals surface area contributed by atoms with E-state index in [2.05, 4.69) is 6.58 Å². The van der Waals surface area contributed by atoms with Gasteiger partial charge < -0.3 is 0 Å². The maximum atomic E-state index is 12.9. The highest BCUT2D eigenvalue weighted by molar-refractivity contribution is 6.30. The summed E-state index contributed by atoms with van der Waals surface area (Å²) >= 11 is 5.59. The van der Waals surface area contributed by atoms with Gasteiger partial charge in [-0.3, -0.25) is 5.32 Å². The number of nitrogens with two attached hydrogens (primary N) is 1. The fourth-order valence-electron chi connectivity index (χ4n) is 1.12. The van der Waals surface area contributed by atoms with Gasteiger partial charge in [0.15, 0.2) is 0 Å². The maximum Gasteiger partial charge on any atom is 0.137 e. The van der Waals surface area contributed by atoms with Crippen LogP contribution in [0, 0.1) is 5.82 Å². The highest BCUT2D eigenvalue weighted by Crippen LogP contribution is 2.04. The average Bonchev–Trinajstić information content (AvgIpc) is 2.23. The maximum absolute atomic E-state index is 12.9. The van der Waals surface area contributed by atoms with Crippen LogP contribution in [0.1, 0.15) is 6.92 Å². The van der Waals surface area contributed by atoms with E-state index in [1.165, 1.54) is 12.1 Å². The first-order chi connectivity index (χ1) is 7.58. The monoisotopic (exact) mass is 238 g/mol. The Morgan fingerprint density at radius 3 is 2.81 bits per heavy atom. The topological polar surface area (TPSA) is 16.6 Å². The molecule has 0 atom stereocenters. The van der Waals surface area contributed by atoms with Gasteiger partial charge in [0, 0.05) is 16.7 Å². The van der Waals surface area contributed by atoms with Crippen molar-refractivity contribution in [3.05, 3.63) is 65.6 Å². The fraction of sp³-hybridized carbons (Fsp3) is 0.0769. The highest BCUT2D eigenvalue weighted by Gasteiger charge is 1.96. The third kappa shape index (κ3) is 4.91. The van der Waals surface area contributed by atoms with Crippen molar-refractivity contribution in [1.82, 2.24) is 0 Å². The number of allylic oxidation sites excluding steroid dienone is 4. The van der Waals surface area contributed by atoms with Crippen LogP contribution < -0.4 is 5.32 Å². The number of quaternary nitrogens is 1. The number of halogens is 2. The van der Waals surface area contributed by atoms with Gasteiger partial charge in [0.2, 0.25) is 0 Å². The highest BCUT2D eigenvalue weighted by atomic mass is 35.5. The minimum atomic E-state index is -0.232. The molecule has 1 aromatic carbocycles. The minimum absolute atomic E-state index is 0.232. The molecule has 0 saturated heterocycles. The van der Waals surface area contributed by atoms with E-state index in [-0.39, 0.29) is 5.82 Å². The van der Waals surface area contributed by atoms with Gasteiger partial charge in [0.1, 0.15) is 17.7 Å². The zero-order valence-corrected chi connectivity index (χ0v) is 9.84. The van der Waals surface area contributed by atoms with Crippen LogP contribution in [0.4, 0.5) is 10.1 Å². The summed E-state index contributed by atoms with van der Waals surface area (Å²) in [6.07, 6.45) is 5.46.